The van der Waals surface area contributed by atoms with E-state index in [4.69, 9.17) is 21.4 Å². The minimum absolute atomic E-state index is 0.723. The van der Waals surface area contributed by atoms with E-state index in [2.05, 4.69) is 19.1 Å². The largest absolute Gasteiger partial charge is 0.497 e. The van der Waals surface area contributed by atoms with E-state index in [1.54, 1.807) is 7.11 Å². The molecule has 0 N–H and O–H groups in total. The standard InChI is InChI=1S/C17H17ClN2O/c1-3-16-15-9-6-13(18)10-17(15)20(19-16)11-12-4-7-14(21-2)8-5-12/h4-10H,3,11H2,1-2H3. The number of methoxy groups -OCH3 is 1. The number of hydrogen-bond donors (Lipinski definition) is 0. The lowest BCUT2D eigenvalue weighted by molar-refractivity contribution is 0.414. The molecule has 0 saturated heterocycles. The van der Waals surface area contributed by atoms with E-state index in [0.29, 0.717) is 0 Å². The Kier molecular flexibility index (Phi) is 3.84. The van der Waals surface area contributed by atoms with Gasteiger partial charge in [0, 0.05) is 10.4 Å². The molecule has 0 aliphatic heterocycles. The zero-order valence-electron chi connectivity index (χ0n) is 12.1. The summed E-state index contributed by atoms with van der Waals surface area (Å²) in [6, 6.07) is 14.0. The van der Waals surface area contributed by atoms with Gasteiger partial charge in [0.15, 0.2) is 0 Å². The summed E-state index contributed by atoms with van der Waals surface area (Å²) in [7, 11) is 1.67. The van der Waals surface area contributed by atoms with E-state index in [1.165, 1.54) is 10.9 Å². The van der Waals surface area contributed by atoms with Crippen molar-refractivity contribution in [2.24, 2.45) is 0 Å². The first-order valence-corrected chi connectivity index (χ1v) is 7.37. The van der Waals surface area contributed by atoms with Gasteiger partial charge in [-0.1, -0.05) is 30.7 Å². The Morgan fingerprint density at radius 2 is 1.90 bits per heavy atom. The first kappa shape index (κ1) is 14.0. The monoisotopic (exact) mass is 300 g/mol. The summed E-state index contributed by atoms with van der Waals surface area (Å²) in [6.07, 6.45) is 0.910. The lowest BCUT2D eigenvalue weighted by Gasteiger charge is -2.05. The van der Waals surface area contributed by atoms with Gasteiger partial charge in [-0.3, -0.25) is 4.68 Å². The van der Waals surface area contributed by atoms with Crippen LogP contribution >= 0.6 is 11.6 Å². The van der Waals surface area contributed by atoms with Crippen molar-refractivity contribution in [3.63, 3.8) is 0 Å². The third-order valence-corrected chi connectivity index (χ3v) is 3.85. The number of aryl methyl sites for hydroxylation is 1. The van der Waals surface area contributed by atoms with Crippen LogP contribution in [0.5, 0.6) is 5.75 Å². The second-order valence-electron chi connectivity index (χ2n) is 4.97. The van der Waals surface area contributed by atoms with Gasteiger partial charge < -0.3 is 4.74 Å². The first-order chi connectivity index (χ1) is 10.2. The zero-order chi connectivity index (χ0) is 14.8. The average Bonchev–Trinajstić information content (AvgIpc) is 2.85. The molecule has 0 saturated carbocycles. The molecule has 2 aromatic carbocycles. The number of halogens is 1. The van der Waals surface area contributed by atoms with E-state index in [1.807, 2.05) is 35.0 Å². The fourth-order valence-corrected chi connectivity index (χ4v) is 2.67. The number of aromatic nitrogens is 2. The highest BCUT2D eigenvalue weighted by molar-refractivity contribution is 6.31. The maximum Gasteiger partial charge on any atom is 0.118 e. The molecule has 0 bridgehead atoms. The summed E-state index contributed by atoms with van der Waals surface area (Å²) < 4.78 is 7.20. The third kappa shape index (κ3) is 2.74. The van der Waals surface area contributed by atoms with Gasteiger partial charge >= 0.3 is 0 Å². The van der Waals surface area contributed by atoms with Crippen LogP contribution in [0.15, 0.2) is 42.5 Å². The molecule has 0 fully saturated rings. The molecule has 1 heterocycles. The van der Waals surface area contributed by atoms with E-state index in [-0.39, 0.29) is 0 Å². The molecule has 0 aliphatic carbocycles. The average molecular weight is 301 g/mol. The minimum atomic E-state index is 0.723. The number of fused-ring (bicyclic) bond motifs is 1. The number of rotatable bonds is 4. The highest BCUT2D eigenvalue weighted by atomic mass is 35.5. The van der Waals surface area contributed by atoms with E-state index in [9.17, 15) is 0 Å². The topological polar surface area (TPSA) is 27.1 Å². The number of nitrogens with zero attached hydrogens (tertiary/aromatic N) is 2. The van der Waals surface area contributed by atoms with Gasteiger partial charge in [0.05, 0.1) is 24.9 Å². The molecule has 0 radical (unpaired) electrons. The lowest BCUT2D eigenvalue weighted by atomic mass is 10.2. The predicted molar refractivity (Wildman–Crippen MR) is 86.2 cm³/mol. The van der Waals surface area contributed by atoms with Crippen molar-refractivity contribution in [2.45, 2.75) is 19.9 Å². The molecular formula is C17H17ClN2O. The van der Waals surface area contributed by atoms with Gasteiger partial charge in [0.25, 0.3) is 0 Å². The van der Waals surface area contributed by atoms with Crippen molar-refractivity contribution in [1.29, 1.82) is 0 Å². The first-order valence-electron chi connectivity index (χ1n) is 6.99. The molecule has 1 aromatic heterocycles. The van der Waals surface area contributed by atoms with Crippen LogP contribution in [-0.4, -0.2) is 16.9 Å². The maximum atomic E-state index is 6.13. The summed E-state index contributed by atoms with van der Waals surface area (Å²) in [5, 5.41) is 6.63. The molecule has 0 spiro atoms. The van der Waals surface area contributed by atoms with Gasteiger partial charge in [-0.15, -0.1) is 0 Å². The van der Waals surface area contributed by atoms with Crippen molar-refractivity contribution in [1.82, 2.24) is 9.78 Å². The Balaban J connectivity index is 2.00. The van der Waals surface area contributed by atoms with Crippen molar-refractivity contribution in [3.8, 4) is 5.75 Å². The van der Waals surface area contributed by atoms with Crippen molar-refractivity contribution < 1.29 is 4.74 Å². The highest BCUT2D eigenvalue weighted by Gasteiger charge is 2.10. The van der Waals surface area contributed by atoms with Crippen LogP contribution in [-0.2, 0) is 13.0 Å². The summed E-state index contributed by atoms with van der Waals surface area (Å²) >= 11 is 6.13. The van der Waals surface area contributed by atoms with Crippen molar-refractivity contribution in [2.75, 3.05) is 7.11 Å². The second kappa shape index (κ2) is 5.78. The maximum absolute atomic E-state index is 6.13. The van der Waals surface area contributed by atoms with Crippen LogP contribution in [0.1, 0.15) is 18.2 Å². The quantitative estimate of drug-likeness (QED) is 0.718. The number of hydrogen-bond acceptors (Lipinski definition) is 2. The van der Waals surface area contributed by atoms with E-state index >= 15 is 0 Å². The Hall–Kier alpha value is -2.00. The fraction of sp³-hybridized carbons (Fsp3) is 0.235. The zero-order valence-corrected chi connectivity index (χ0v) is 12.9. The fourth-order valence-electron chi connectivity index (χ4n) is 2.50. The molecule has 0 unspecified atom stereocenters. The summed E-state index contributed by atoms with van der Waals surface area (Å²) in [5.41, 5.74) is 3.37. The van der Waals surface area contributed by atoms with Crippen LogP contribution in [0.3, 0.4) is 0 Å². The van der Waals surface area contributed by atoms with E-state index in [0.717, 1.165) is 34.9 Å². The molecule has 21 heavy (non-hydrogen) atoms. The smallest absolute Gasteiger partial charge is 0.118 e. The second-order valence-corrected chi connectivity index (χ2v) is 5.40. The van der Waals surface area contributed by atoms with Crippen LogP contribution in [0.4, 0.5) is 0 Å². The molecule has 0 aliphatic rings. The Morgan fingerprint density at radius 1 is 1.14 bits per heavy atom. The Bertz CT molecular complexity index is 762. The highest BCUT2D eigenvalue weighted by Crippen LogP contribution is 2.24. The third-order valence-electron chi connectivity index (χ3n) is 3.62. The molecule has 0 amide bonds. The van der Waals surface area contributed by atoms with Crippen LogP contribution in [0, 0.1) is 0 Å². The lowest BCUT2D eigenvalue weighted by Crippen LogP contribution is -2.02. The summed E-state index contributed by atoms with van der Waals surface area (Å²) in [5.74, 6) is 0.862. The van der Waals surface area contributed by atoms with E-state index < -0.39 is 0 Å². The Labute approximate surface area is 129 Å². The number of ether oxygens (including phenoxy) is 1. The molecule has 108 valence electrons. The minimum Gasteiger partial charge on any atom is -0.497 e. The molecule has 3 aromatic rings. The molecule has 0 atom stereocenters. The molecule has 3 rings (SSSR count). The molecular weight excluding hydrogens is 284 g/mol. The van der Waals surface area contributed by atoms with Gasteiger partial charge in [0.1, 0.15) is 5.75 Å². The predicted octanol–water partition coefficient (Wildman–Crippen LogP) is 4.31. The normalized spacial score (nSPS) is 11.0. The van der Waals surface area contributed by atoms with Gasteiger partial charge in [-0.25, -0.2) is 0 Å². The van der Waals surface area contributed by atoms with Crippen LogP contribution in [0.25, 0.3) is 10.9 Å². The van der Waals surface area contributed by atoms with Crippen LogP contribution in [0.2, 0.25) is 5.02 Å². The van der Waals surface area contributed by atoms with Gasteiger partial charge in [0.2, 0.25) is 0 Å². The van der Waals surface area contributed by atoms with Crippen molar-refractivity contribution in [3.05, 3.63) is 58.7 Å². The Morgan fingerprint density at radius 3 is 2.57 bits per heavy atom. The number of benzene rings is 2. The molecule has 4 heteroatoms. The summed E-state index contributed by atoms with van der Waals surface area (Å²) in [6.45, 7) is 2.84. The van der Waals surface area contributed by atoms with Crippen LogP contribution < -0.4 is 4.74 Å². The van der Waals surface area contributed by atoms with Crippen molar-refractivity contribution >= 4 is 22.5 Å². The van der Waals surface area contributed by atoms with Gasteiger partial charge in [-0.2, -0.15) is 5.10 Å². The summed E-state index contributed by atoms with van der Waals surface area (Å²) in [4.78, 5) is 0. The molecule has 3 nitrogen and oxygen atoms in total. The van der Waals surface area contributed by atoms with Gasteiger partial charge in [-0.05, 0) is 42.3 Å². The SMILES string of the molecule is CCc1nn(Cc2ccc(OC)cc2)c2cc(Cl)ccc12.